The summed E-state index contributed by atoms with van der Waals surface area (Å²) in [6.45, 7) is 0.202. The van der Waals surface area contributed by atoms with Crippen molar-refractivity contribution in [3.63, 3.8) is 0 Å². The van der Waals surface area contributed by atoms with Gasteiger partial charge in [-0.2, -0.15) is 13.2 Å². The Kier molecular flexibility index (Phi) is 6.86. The SMILES string of the molecule is C#CCC(NC(=O)OCC1c2ccccc2-c2ccccc21)C(=O)NC(C)(C(=O)O)C(F)(F)F. The first kappa shape index (κ1) is 24.6. The van der Waals surface area contributed by atoms with Gasteiger partial charge in [0, 0.05) is 12.3 Å². The molecule has 0 bridgehead atoms. The number of alkyl carbamates (subject to hydrolysis) is 1. The zero-order valence-electron chi connectivity index (χ0n) is 18.0. The van der Waals surface area contributed by atoms with Gasteiger partial charge in [0.2, 0.25) is 11.4 Å². The number of benzene rings is 2. The first-order valence-electron chi connectivity index (χ1n) is 10.2. The van der Waals surface area contributed by atoms with E-state index in [1.807, 2.05) is 48.5 Å². The number of halogens is 3. The maximum absolute atomic E-state index is 13.2. The lowest BCUT2D eigenvalue weighted by Crippen LogP contribution is -2.64. The molecule has 0 heterocycles. The monoisotopic (exact) mass is 474 g/mol. The van der Waals surface area contributed by atoms with Crippen LogP contribution in [-0.4, -0.2) is 47.4 Å². The lowest BCUT2D eigenvalue weighted by Gasteiger charge is -2.30. The first-order valence-corrected chi connectivity index (χ1v) is 10.2. The highest BCUT2D eigenvalue weighted by Crippen LogP contribution is 2.44. The molecule has 2 unspecified atom stereocenters. The third kappa shape index (κ3) is 4.69. The van der Waals surface area contributed by atoms with Crippen LogP contribution in [-0.2, 0) is 14.3 Å². The molecule has 2 aromatic carbocycles. The Hall–Kier alpha value is -4.00. The van der Waals surface area contributed by atoms with Crippen molar-refractivity contribution < 1.29 is 37.4 Å². The zero-order chi connectivity index (χ0) is 25.1. The van der Waals surface area contributed by atoms with Gasteiger partial charge in [-0.1, -0.05) is 48.5 Å². The van der Waals surface area contributed by atoms with Crippen molar-refractivity contribution in [2.45, 2.75) is 37.0 Å². The summed E-state index contributed by atoms with van der Waals surface area (Å²) in [7, 11) is 0. The molecule has 0 saturated heterocycles. The standard InChI is InChI=1S/C24H21F3N2O5/c1-3-8-19(20(30)29-23(2,21(31)32)24(25,26)27)28-22(33)34-13-18-16-11-6-4-9-14(16)15-10-5-7-12-17(15)18/h1,4-7,9-12,18-19H,8,13H2,2H3,(H,28,33)(H,29,30)(H,31,32). The molecule has 0 radical (unpaired) electrons. The van der Waals surface area contributed by atoms with Gasteiger partial charge in [-0.3, -0.25) is 4.79 Å². The number of carboxylic acid groups (broad SMARTS) is 1. The van der Waals surface area contributed by atoms with Crippen molar-refractivity contribution >= 4 is 18.0 Å². The smallest absolute Gasteiger partial charge is 0.422 e. The molecule has 0 spiro atoms. The molecular formula is C24H21F3N2O5. The number of terminal acetylenes is 1. The predicted molar refractivity (Wildman–Crippen MR) is 116 cm³/mol. The number of alkyl halides is 3. The fourth-order valence-electron chi connectivity index (χ4n) is 3.69. The second kappa shape index (κ2) is 9.47. The first-order chi connectivity index (χ1) is 16.0. The number of aliphatic carboxylic acids is 1. The van der Waals surface area contributed by atoms with E-state index in [9.17, 15) is 27.6 Å². The van der Waals surface area contributed by atoms with E-state index in [2.05, 4.69) is 11.2 Å². The van der Waals surface area contributed by atoms with E-state index in [1.165, 1.54) is 5.32 Å². The van der Waals surface area contributed by atoms with Crippen LogP contribution < -0.4 is 10.6 Å². The van der Waals surface area contributed by atoms with Crippen LogP contribution in [0, 0.1) is 12.3 Å². The minimum atomic E-state index is -5.29. The minimum absolute atomic E-state index is 0.0976. The topological polar surface area (TPSA) is 105 Å². The van der Waals surface area contributed by atoms with Crippen LogP contribution in [0.25, 0.3) is 11.1 Å². The van der Waals surface area contributed by atoms with E-state index in [0.717, 1.165) is 22.3 Å². The van der Waals surface area contributed by atoms with Crippen LogP contribution >= 0.6 is 0 Å². The Morgan fingerprint density at radius 3 is 2.09 bits per heavy atom. The highest BCUT2D eigenvalue weighted by Gasteiger charge is 2.58. The number of amides is 2. The molecule has 7 nitrogen and oxygen atoms in total. The molecule has 178 valence electrons. The normalized spacial score (nSPS) is 15.1. The van der Waals surface area contributed by atoms with Gasteiger partial charge in [0.25, 0.3) is 0 Å². The third-order valence-electron chi connectivity index (χ3n) is 5.64. The van der Waals surface area contributed by atoms with E-state index in [0.29, 0.717) is 6.92 Å². The van der Waals surface area contributed by atoms with Crippen molar-refractivity contribution in [2.75, 3.05) is 6.61 Å². The molecule has 10 heteroatoms. The van der Waals surface area contributed by atoms with Gasteiger partial charge in [-0.15, -0.1) is 12.3 Å². The van der Waals surface area contributed by atoms with Crippen molar-refractivity contribution in [3.8, 4) is 23.5 Å². The molecule has 2 atom stereocenters. The fourth-order valence-corrected chi connectivity index (χ4v) is 3.69. The maximum atomic E-state index is 13.2. The van der Waals surface area contributed by atoms with Crippen LogP contribution in [0.15, 0.2) is 48.5 Å². The van der Waals surface area contributed by atoms with Gasteiger partial charge in [0.1, 0.15) is 12.6 Å². The average molecular weight is 474 g/mol. The number of ether oxygens (including phenoxy) is 1. The number of carbonyl (C=O) groups is 3. The number of nitrogens with one attached hydrogen (secondary N) is 2. The number of rotatable bonds is 7. The molecule has 3 N–H and O–H groups in total. The van der Waals surface area contributed by atoms with Crippen molar-refractivity contribution in [2.24, 2.45) is 0 Å². The molecule has 3 rings (SSSR count). The van der Waals surface area contributed by atoms with Gasteiger partial charge < -0.3 is 20.5 Å². The second-order valence-corrected chi connectivity index (χ2v) is 7.85. The summed E-state index contributed by atoms with van der Waals surface area (Å²) in [6, 6.07) is 13.5. The molecular weight excluding hydrogens is 453 g/mol. The van der Waals surface area contributed by atoms with Gasteiger partial charge in [-0.25, -0.2) is 9.59 Å². The van der Waals surface area contributed by atoms with Crippen LogP contribution in [0.5, 0.6) is 0 Å². The third-order valence-corrected chi connectivity index (χ3v) is 5.64. The minimum Gasteiger partial charge on any atom is -0.479 e. The average Bonchev–Trinajstić information content (AvgIpc) is 3.10. The Bertz CT molecular complexity index is 1110. The van der Waals surface area contributed by atoms with Crippen LogP contribution in [0.3, 0.4) is 0 Å². The molecule has 2 amide bonds. The van der Waals surface area contributed by atoms with Gasteiger partial charge in [0.15, 0.2) is 0 Å². The highest BCUT2D eigenvalue weighted by molar-refractivity contribution is 5.92. The van der Waals surface area contributed by atoms with Crippen LogP contribution in [0.2, 0.25) is 0 Å². The Morgan fingerprint density at radius 1 is 1.09 bits per heavy atom. The zero-order valence-corrected chi connectivity index (χ0v) is 18.0. The molecule has 1 aliphatic carbocycles. The Balaban J connectivity index is 1.70. The number of hydrogen-bond donors (Lipinski definition) is 3. The molecule has 0 aromatic heterocycles. The number of fused-ring (bicyclic) bond motifs is 3. The van der Waals surface area contributed by atoms with E-state index in [-0.39, 0.29) is 12.5 Å². The highest BCUT2D eigenvalue weighted by atomic mass is 19.4. The number of carbonyl (C=O) groups excluding carboxylic acids is 2. The van der Waals surface area contributed by atoms with Crippen molar-refractivity contribution in [1.82, 2.24) is 10.6 Å². The quantitative estimate of drug-likeness (QED) is 0.534. The largest absolute Gasteiger partial charge is 0.479 e. The van der Waals surface area contributed by atoms with Gasteiger partial charge in [0.05, 0.1) is 0 Å². The Morgan fingerprint density at radius 2 is 1.62 bits per heavy atom. The number of hydrogen-bond acceptors (Lipinski definition) is 4. The number of carboxylic acids is 1. The van der Waals surface area contributed by atoms with E-state index in [1.54, 1.807) is 0 Å². The molecule has 1 aliphatic rings. The van der Waals surface area contributed by atoms with Gasteiger partial charge >= 0.3 is 18.2 Å². The lowest BCUT2D eigenvalue weighted by atomic mass is 9.98. The van der Waals surface area contributed by atoms with Crippen LogP contribution in [0.1, 0.15) is 30.4 Å². The summed E-state index contributed by atoms with van der Waals surface area (Å²) in [6.07, 6.45) is -1.69. The summed E-state index contributed by atoms with van der Waals surface area (Å²) in [5.41, 5.74) is 0.307. The summed E-state index contributed by atoms with van der Waals surface area (Å²) < 4.78 is 44.9. The summed E-state index contributed by atoms with van der Waals surface area (Å²) >= 11 is 0. The molecule has 0 aliphatic heterocycles. The van der Waals surface area contributed by atoms with Gasteiger partial charge in [-0.05, 0) is 29.2 Å². The Labute approximate surface area is 193 Å². The maximum Gasteiger partial charge on any atom is 0.422 e. The van der Waals surface area contributed by atoms with E-state index >= 15 is 0 Å². The van der Waals surface area contributed by atoms with Crippen LogP contribution in [0.4, 0.5) is 18.0 Å². The summed E-state index contributed by atoms with van der Waals surface area (Å²) in [5.74, 6) is -1.93. The molecule has 2 aromatic rings. The lowest BCUT2D eigenvalue weighted by molar-refractivity contribution is -0.207. The van der Waals surface area contributed by atoms with E-state index < -0.39 is 42.1 Å². The fraction of sp³-hybridized carbons (Fsp3) is 0.292. The predicted octanol–water partition coefficient (Wildman–Crippen LogP) is 3.44. The van der Waals surface area contributed by atoms with Crippen molar-refractivity contribution in [1.29, 1.82) is 0 Å². The molecule has 0 saturated carbocycles. The summed E-state index contributed by atoms with van der Waals surface area (Å²) in [4.78, 5) is 35.9. The second-order valence-electron chi connectivity index (χ2n) is 7.85. The molecule has 0 fully saturated rings. The molecule has 34 heavy (non-hydrogen) atoms. The summed E-state index contributed by atoms with van der Waals surface area (Å²) in [5, 5.41) is 12.5. The van der Waals surface area contributed by atoms with Crippen molar-refractivity contribution in [3.05, 3.63) is 59.7 Å². The van der Waals surface area contributed by atoms with E-state index in [4.69, 9.17) is 16.3 Å².